The molecule has 1 saturated carbocycles. The van der Waals surface area contributed by atoms with Crippen LogP contribution in [0.15, 0.2) is 0 Å². The molecule has 8 heavy (non-hydrogen) atoms. The normalized spacial score (nSPS) is 26.2. The molecule has 1 fully saturated rings. The fourth-order valence-electron chi connectivity index (χ4n) is 1.21. The zero-order valence-corrected chi connectivity index (χ0v) is 5.83. The Morgan fingerprint density at radius 1 is 0.875 bits per heavy atom. The standard InChI is InChI=1S/C8H14/c1-7-5-3-4-6-8(7)2/h3-6H2,1-2H3. The van der Waals surface area contributed by atoms with Crippen LogP contribution in [0.5, 0.6) is 0 Å². The van der Waals surface area contributed by atoms with Crippen molar-refractivity contribution in [1.29, 1.82) is 0 Å². The van der Waals surface area contributed by atoms with Gasteiger partial charge in [-0.3, -0.25) is 0 Å². The molecule has 46 valence electrons. The minimum Gasteiger partial charge on any atom is -0.0586 e. The molecule has 0 aromatic rings. The lowest BCUT2D eigenvalue weighted by molar-refractivity contribution is 0.570. The smallest absolute Gasteiger partial charge is 0.0207 e. The molecule has 0 N–H and O–H groups in total. The lowest BCUT2D eigenvalue weighted by atomic mass is 9.82. The Morgan fingerprint density at radius 2 is 1.25 bits per heavy atom. The van der Waals surface area contributed by atoms with Gasteiger partial charge in [0.05, 0.1) is 0 Å². The molecule has 0 amide bonds. The molecular formula is C8H14. The quantitative estimate of drug-likeness (QED) is 0.450. The molecule has 0 aliphatic heterocycles. The average Bonchev–Trinajstić information content (AvgIpc) is 1.77. The van der Waals surface area contributed by atoms with Crippen LogP contribution in [-0.4, -0.2) is 0 Å². The first-order chi connectivity index (χ1) is 3.80. The summed E-state index contributed by atoms with van der Waals surface area (Å²) in [5.41, 5.74) is 0. The van der Waals surface area contributed by atoms with Gasteiger partial charge in [-0.15, -0.1) is 0 Å². The Labute approximate surface area is 52.3 Å². The summed E-state index contributed by atoms with van der Waals surface area (Å²) in [5, 5.41) is 0. The van der Waals surface area contributed by atoms with Crippen molar-refractivity contribution in [2.75, 3.05) is 0 Å². The maximum absolute atomic E-state index is 2.26. The van der Waals surface area contributed by atoms with Crippen LogP contribution in [0.4, 0.5) is 0 Å². The van der Waals surface area contributed by atoms with E-state index in [1.54, 1.807) is 11.8 Å². The van der Waals surface area contributed by atoms with Crippen molar-refractivity contribution in [3.8, 4) is 0 Å². The highest BCUT2D eigenvalue weighted by Crippen LogP contribution is 2.31. The van der Waals surface area contributed by atoms with Gasteiger partial charge in [0.25, 0.3) is 0 Å². The van der Waals surface area contributed by atoms with Crippen molar-refractivity contribution in [3.63, 3.8) is 0 Å². The Hall–Kier alpha value is 0. The van der Waals surface area contributed by atoms with Crippen molar-refractivity contribution in [3.05, 3.63) is 11.8 Å². The van der Waals surface area contributed by atoms with Crippen LogP contribution in [0.1, 0.15) is 39.5 Å². The summed E-state index contributed by atoms with van der Waals surface area (Å²) in [6.07, 6.45) is 5.55. The molecule has 0 saturated heterocycles. The van der Waals surface area contributed by atoms with E-state index < -0.39 is 0 Å². The van der Waals surface area contributed by atoms with Crippen molar-refractivity contribution >= 4 is 0 Å². The molecule has 0 aromatic carbocycles. The number of hydrogen-bond acceptors (Lipinski definition) is 0. The van der Waals surface area contributed by atoms with Crippen molar-refractivity contribution in [2.24, 2.45) is 0 Å². The first kappa shape index (κ1) is 6.12. The highest BCUT2D eigenvalue weighted by Gasteiger charge is 2.16. The molecule has 0 atom stereocenters. The van der Waals surface area contributed by atoms with Crippen molar-refractivity contribution < 1.29 is 0 Å². The predicted octanol–water partition coefficient (Wildman–Crippen LogP) is 2.75. The van der Waals surface area contributed by atoms with E-state index in [1.807, 2.05) is 0 Å². The molecule has 1 rings (SSSR count). The number of hydrogen-bond donors (Lipinski definition) is 0. The van der Waals surface area contributed by atoms with Gasteiger partial charge in [-0.05, 0) is 24.7 Å². The predicted molar refractivity (Wildman–Crippen MR) is 36.3 cm³/mol. The summed E-state index contributed by atoms with van der Waals surface area (Å²) in [6, 6.07) is 0. The summed E-state index contributed by atoms with van der Waals surface area (Å²) < 4.78 is 0. The van der Waals surface area contributed by atoms with E-state index in [4.69, 9.17) is 0 Å². The van der Waals surface area contributed by atoms with Crippen LogP contribution in [0.2, 0.25) is 0 Å². The topological polar surface area (TPSA) is 0 Å². The largest absolute Gasteiger partial charge is 0.0586 e. The molecule has 0 unspecified atom stereocenters. The third-order valence-corrected chi connectivity index (χ3v) is 2.08. The summed E-state index contributed by atoms with van der Waals surface area (Å²) in [4.78, 5) is 0. The van der Waals surface area contributed by atoms with E-state index in [0.717, 1.165) is 0 Å². The Morgan fingerprint density at radius 3 is 1.50 bits per heavy atom. The van der Waals surface area contributed by atoms with Crippen LogP contribution in [-0.2, 0) is 0 Å². The van der Waals surface area contributed by atoms with E-state index in [-0.39, 0.29) is 0 Å². The lowest BCUT2D eigenvalue weighted by Crippen LogP contribution is -2.08. The third-order valence-electron chi connectivity index (χ3n) is 2.08. The lowest BCUT2D eigenvalue weighted by Gasteiger charge is -2.23. The van der Waals surface area contributed by atoms with Gasteiger partial charge >= 0.3 is 0 Å². The Balaban J connectivity index is 2.28. The average molecular weight is 110 g/mol. The minimum atomic E-state index is 1.35. The van der Waals surface area contributed by atoms with Crippen LogP contribution in [0.3, 0.4) is 0 Å². The summed E-state index contributed by atoms with van der Waals surface area (Å²) in [5.74, 6) is 3.27. The number of rotatable bonds is 0. The van der Waals surface area contributed by atoms with E-state index in [2.05, 4.69) is 13.8 Å². The van der Waals surface area contributed by atoms with Gasteiger partial charge in [0, 0.05) is 0 Å². The minimum absolute atomic E-state index is 1.35. The highest BCUT2D eigenvalue weighted by atomic mass is 14.2. The second kappa shape index (κ2) is 2.52. The van der Waals surface area contributed by atoms with E-state index in [9.17, 15) is 0 Å². The van der Waals surface area contributed by atoms with Gasteiger partial charge in [-0.1, -0.05) is 26.7 Å². The third kappa shape index (κ3) is 1.24. The molecule has 0 nitrogen and oxygen atoms in total. The molecule has 0 spiro atoms. The highest BCUT2D eigenvalue weighted by molar-refractivity contribution is 5.13. The monoisotopic (exact) mass is 110 g/mol. The van der Waals surface area contributed by atoms with E-state index in [1.165, 1.54) is 25.7 Å². The summed E-state index contributed by atoms with van der Waals surface area (Å²) >= 11 is 0. The van der Waals surface area contributed by atoms with Crippen LogP contribution in [0, 0.1) is 11.8 Å². The van der Waals surface area contributed by atoms with Gasteiger partial charge in [0.2, 0.25) is 0 Å². The van der Waals surface area contributed by atoms with Crippen molar-refractivity contribution in [1.82, 2.24) is 0 Å². The first-order valence-electron chi connectivity index (χ1n) is 3.46. The van der Waals surface area contributed by atoms with E-state index >= 15 is 0 Å². The SMILES string of the molecule is C[C]1CCCC[C]1C. The zero-order chi connectivity index (χ0) is 5.98. The van der Waals surface area contributed by atoms with Gasteiger partial charge in [0.15, 0.2) is 0 Å². The molecule has 1 aliphatic rings. The fraction of sp³-hybridized carbons (Fsp3) is 0.750. The second-order valence-corrected chi connectivity index (χ2v) is 2.77. The maximum atomic E-state index is 2.26. The second-order valence-electron chi connectivity index (χ2n) is 2.77. The first-order valence-corrected chi connectivity index (χ1v) is 3.46. The summed E-state index contributed by atoms with van der Waals surface area (Å²) in [6.45, 7) is 4.52. The summed E-state index contributed by atoms with van der Waals surface area (Å²) in [7, 11) is 0. The van der Waals surface area contributed by atoms with Crippen LogP contribution >= 0.6 is 0 Å². The molecule has 0 bridgehead atoms. The molecule has 0 aromatic heterocycles. The maximum Gasteiger partial charge on any atom is -0.0207 e. The molecule has 1 aliphatic carbocycles. The van der Waals surface area contributed by atoms with E-state index in [0.29, 0.717) is 0 Å². The van der Waals surface area contributed by atoms with Crippen LogP contribution < -0.4 is 0 Å². The fourth-order valence-corrected chi connectivity index (χ4v) is 1.21. The van der Waals surface area contributed by atoms with Gasteiger partial charge in [0.1, 0.15) is 0 Å². The van der Waals surface area contributed by atoms with Crippen LogP contribution in [0.25, 0.3) is 0 Å². The molecule has 0 heterocycles. The van der Waals surface area contributed by atoms with Gasteiger partial charge < -0.3 is 0 Å². The van der Waals surface area contributed by atoms with Gasteiger partial charge in [-0.25, -0.2) is 0 Å². The molecular weight excluding hydrogens is 96.1 g/mol. The molecule has 2 radical (unpaired) electrons. The zero-order valence-electron chi connectivity index (χ0n) is 5.83. The van der Waals surface area contributed by atoms with Gasteiger partial charge in [-0.2, -0.15) is 0 Å². The Bertz CT molecular complexity index is 56.4. The molecule has 0 heteroatoms. The van der Waals surface area contributed by atoms with Crippen molar-refractivity contribution in [2.45, 2.75) is 39.5 Å². The Kier molecular flexibility index (Phi) is 1.93.